The number of aromatic nitrogens is 3. The van der Waals surface area contributed by atoms with Crippen LogP contribution in [0.2, 0.25) is 0 Å². The Balaban J connectivity index is 2.03. The summed E-state index contributed by atoms with van der Waals surface area (Å²) in [6.45, 7) is 2.70. The van der Waals surface area contributed by atoms with E-state index in [-0.39, 0.29) is 5.41 Å². The summed E-state index contributed by atoms with van der Waals surface area (Å²) in [5.41, 5.74) is 8.86. The summed E-state index contributed by atoms with van der Waals surface area (Å²) in [6, 6.07) is 5.87. The van der Waals surface area contributed by atoms with Crippen LogP contribution in [0.5, 0.6) is 0 Å². The van der Waals surface area contributed by atoms with Gasteiger partial charge in [-0.2, -0.15) is 0 Å². The normalized spacial score (nSPS) is 17.1. The molecular weight excluding hydrogens is 212 g/mol. The zero-order chi connectivity index (χ0) is 11.9. The number of nitrogens with zero attached hydrogens (tertiary/aromatic N) is 2. The molecule has 1 aliphatic carbocycles. The van der Waals surface area contributed by atoms with E-state index in [1.807, 2.05) is 25.1 Å². The zero-order valence-electron chi connectivity index (χ0n) is 9.90. The van der Waals surface area contributed by atoms with Crippen molar-refractivity contribution in [2.24, 2.45) is 5.73 Å². The molecule has 0 saturated heterocycles. The molecule has 4 nitrogen and oxygen atoms in total. The lowest BCUT2D eigenvalue weighted by molar-refractivity contribution is 0.658. The van der Waals surface area contributed by atoms with Crippen molar-refractivity contribution in [3.8, 4) is 11.4 Å². The second-order valence-electron chi connectivity index (χ2n) is 4.76. The number of aromatic amines is 1. The summed E-state index contributed by atoms with van der Waals surface area (Å²) in [5, 5.41) is 0. The van der Waals surface area contributed by atoms with Crippen LogP contribution in [0.3, 0.4) is 0 Å². The van der Waals surface area contributed by atoms with E-state index in [4.69, 9.17) is 5.73 Å². The van der Waals surface area contributed by atoms with Crippen molar-refractivity contribution in [1.29, 1.82) is 0 Å². The summed E-state index contributed by atoms with van der Waals surface area (Å²) >= 11 is 0. The molecule has 0 atom stereocenters. The van der Waals surface area contributed by atoms with Crippen molar-refractivity contribution in [2.45, 2.75) is 25.2 Å². The third kappa shape index (κ3) is 1.65. The predicted octanol–water partition coefficient (Wildman–Crippen LogP) is 1.77. The van der Waals surface area contributed by atoms with E-state index in [0.29, 0.717) is 6.54 Å². The first-order valence-corrected chi connectivity index (χ1v) is 5.94. The van der Waals surface area contributed by atoms with Gasteiger partial charge in [0.1, 0.15) is 11.5 Å². The Morgan fingerprint density at radius 1 is 1.41 bits per heavy atom. The number of rotatable bonds is 3. The smallest absolute Gasteiger partial charge is 0.114 e. The minimum absolute atomic E-state index is 0.109. The van der Waals surface area contributed by atoms with Gasteiger partial charge in [-0.3, -0.25) is 4.98 Å². The number of nitrogens with one attached hydrogen (secondary N) is 1. The van der Waals surface area contributed by atoms with E-state index in [9.17, 15) is 0 Å². The van der Waals surface area contributed by atoms with Crippen molar-refractivity contribution in [3.05, 3.63) is 35.9 Å². The van der Waals surface area contributed by atoms with Gasteiger partial charge in [0.05, 0.1) is 5.69 Å². The molecule has 0 amide bonds. The molecule has 0 aromatic carbocycles. The molecule has 3 N–H and O–H groups in total. The van der Waals surface area contributed by atoms with Crippen LogP contribution in [0.4, 0.5) is 0 Å². The van der Waals surface area contributed by atoms with Crippen LogP contribution in [0.25, 0.3) is 11.4 Å². The first-order chi connectivity index (χ1) is 8.25. The van der Waals surface area contributed by atoms with Crippen LogP contribution >= 0.6 is 0 Å². The van der Waals surface area contributed by atoms with Gasteiger partial charge in [0, 0.05) is 23.9 Å². The molecule has 88 valence electrons. The fraction of sp³-hybridized carbons (Fsp3) is 0.385. The molecule has 2 aromatic rings. The van der Waals surface area contributed by atoms with Gasteiger partial charge in [-0.25, -0.2) is 4.98 Å². The molecule has 3 rings (SSSR count). The molecule has 17 heavy (non-hydrogen) atoms. The van der Waals surface area contributed by atoms with Gasteiger partial charge in [0.25, 0.3) is 0 Å². The fourth-order valence-corrected chi connectivity index (χ4v) is 2.15. The largest absolute Gasteiger partial charge is 0.345 e. The lowest BCUT2D eigenvalue weighted by atomic mass is 10.1. The maximum absolute atomic E-state index is 5.82. The minimum atomic E-state index is 0.109. The average molecular weight is 228 g/mol. The number of hydrogen-bond donors (Lipinski definition) is 2. The van der Waals surface area contributed by atoms with Crippen LogP contribution in [0.1, 0.15) is 24.4 Å². The summed E-state index contributed by atoms with van der Waals surface area (Å²) < 4.78 is 0. The Hall–Kier alpha value is -1.68. The van der Waals surface area contributed by atoms with Gasteiger partial charge in [0.2, 0.25) is 0 Å². The van der Waals surface area contributed by atoms with Gasteiger partial charge in [0.15, 0.2) is 0 Å². The van der Waals surface area contributed by atoms with E-state index in [1.54, 1.807) is 6.20 Å². The molecule has 0 spiro atoms. The number of nitrogens with two attached hydrogens (primary N) is 1. The van der Waals surface area contributed by atoms with Crippen LogP contribution in [-0.2, 0) is 5.41 Å². The van der Waals surface area contributed by atoms with Crippen molar-refractivity contribution in [2.75, 3.05) is 6.54 Å². The zero-order valence-corrected chi connectivity index (χ0v) is 9.90. The topological polar surface area (TPSA) is 67.6 Å². The summed E-state index contributed by atoms with van der Waals surface area (Å²) in [6.07, 6.45) is 4.06. The summed E-state index contributed by atoms with van der Waals surface area (Å²) in [5.74, 6) is 1.03. The Bertz CT molecular complexity index is 526. The first-order valence-electron chi connectivity index (χ1n) is 5.94. The second-order valence-corrected chi connectivity index (χ2v) is 4.76. The number of H-pyrrole nitrogens is 1. The van der Waals surface area contributed by atoms with E-state index in [2.05, 4.69) is 15.0 Å². The number of aryl methyl sites for hydroxylation is 1. The molecule has 2 heterocycles. The summed E-state index contributed by atoms with van der Waals surface area (Å²) in [7, 11) is 0. The minimum Gasteiger partial charge on any atom is -0.345 e. The van der Waals surface area contributed by atoms with Crippen LogP contribution in [-0.4, -0.2) is 21.5 Å². The van der Waals surface area contributed by atoms with Gasteiger partial charge >= 0.3 is 0 Å². The highest BCUT2D eigenvalue weighted by molar-refractivity contribution is 5.57. The quantitative estimate of drug-likeness (QED) is 0.841. The highest BCUT2D eigenvalue weighted by Gasteiger charge is 2.46. The summed E-state index contributed by atoms with van der Waals surface area (Å²) in [4.78, 5) is 12.4. The number of imidazole rings is 1. The van der Waals surface area contributed by atoms with Crippen LogP contribution in [0, 0.1) is 6.92 Å². The van der Waals surface area contributed by atoms with E-state index in [1.165, 1.54) is 0 Å². The van der Waals surface area contributed by atoms with E-state index < -0.39 is 0 Å². The lowest BCUT2D eigenvalue weighted by Crippen LogP contribution is -2.21. The predicted molar refractivity (Wildman–Crippen MR) is 66.5 cm³/mol. The highest BCUT2D eigenvalue weighted by Crippen LogP contribution is 2.46. The Kier molecular flexibility index (Phi) is 2.26. The molecule has 4 heteroatoms. The van der Waals surface area contributed by atoms with Crippen molar-refractivity contribution >= 4 is 0 Å². The van der Waals surface area contributed by atoms with Gasteiger partial charge in [-0.15, -0.1) is 0 Å². The molecule has 1 saturated carbocycles. The molecule has 0 bridgehead atoms. The first kappa shape index (κ1) is 10.5. The van der Waals surface area contributed by atoms with Crippen molar-refractivity contribution < 1.29 is 0 Å². The highest BCUT2D eigenvalue weighted by atomic mass is 15.0. The molecular formula is C13H16N4. The van der Waals surface area contributed by atoms with Gasteiger partial charge < -0.3 is 10.7 Å². The maximum Gasteiger partial charge on any atom is 0.114 e. The maximum atomic E-state index is 5.82. The third-order valence-electron chi connectivity index (χ3n) is 3.54. The molecule has 1 fully saturated rings. The van der Waals surface area contributed by atoms with Crippen molar-refractivity contribution in [1.82, 2.24) is 15.0 Å². The Labute approximate surface area is 100 Å². The van der Waals surface area contributed by atoms with Crippen LogP contribution in [0.15, 0.2) is 24.4 Å². The Morgan fingerprint density at radius 3 is 2.82 bits per heavy atom. The molecule has 0 aliphatic heterocycles. The van der Waals surface area contributed by atoms with Crippen molar-refractivity contribution in [3.63, 3.8) is 0 Å². The lowest BCUT2D eigenvalue weighted by Gasteiger charge is -2.07. The third-order valence-corrected chi connectivity index (χ3v) is 3.54. The molecule has 1 aliphatic rings. The fourth-order valence-electron chi connectivity index (χ4n) is 2.15. The van der Waals surface area contributed by atoms with Gasteiger partial charge in [-0.05, 0) is 31.9 Å². The molecule has 0 unspecified atom stereocenters. The SMILES string of the molecule is Cc1[nH]c(C2(CN)CC2)nc1-c1ccccn1. The van der Waals surface area contributed by atoms with Crippen LogP contribution < -0.4 is 5.73 Å². The molecule has 0 radical (unpaired) electrons. The number of hydrogen-bond acceptors (Lipinski definition) is 3. The van der Waals surface area contributed by atoms with E-state index in [0.717, 1.165) is 35.7 Å². The monoisotopic (exact) mass is 228 g/mol. The average Bonchev–Trinajstić information content (AvgIpc) is 3.08. The van der Waals surface area contributed by atoms with E-state index >= 15 is 0 Å². The number of pyridine rings is 1. The Morgan fingerprint density at radius 2 is 2.24 bits per heavy atom. The molecule has 2 aromatic heterocycles. The second kappa shape index (κ2) is 3.67. The van der Waals surface area contributed by atoms with Gasteiger partial charge in [-0.1, -0.05) is 6.07 Å². The standard InChI is InChI=1S/C13H16N4/c1-9-11(10-4-2-3-7-15-10)17-12(16-9)13(8-14)5-6-13/h2-4,7H,5-6,8,14H2,1H3,(H,16,17).